The highest BCUT2D eigenvalue weighted by molar-refractivity contribution is 8.06. The minimum atomic E-state index is 0.160. The molecule has 1 saturated carbocycles. The predicted molar refractivity (Wildman–Crippen MR) is 118 cm³/mol. The van der Waals surface area contributed by atoms with Crippen molar-refractivity contribution in [2.75, 3.05) is 0 Å². The smallest absolute Gasteiger partial charge is 0.0652 e. The Morgan fingerprint density at radius 3 is 1.59 bits per heavy atom. The van der Waals surface area contributed by atoms with Gasteiger partial charge in [-0.1, -0.05) is 50.2 Å². The molecule has 2 aromatic rings. The largest absolute Gasteiger partial charge is 0.112 e. The van der Waals surface area contributed by atoms with Crippen molar-refractivity contribution in [2.45, 2.75) is 65.2 Å². The van der Waals surface area contributed by atoms with Gasteiger partial charge in [0, 0.05) is 9.79 Å². The summed E-state index contributed by atoms with van der Waals surface area (Å²) in [5, 5.41) is 0. The van der Waals surface area contributed by atoms with Crippen LogP contribution in [0.15, 0.2) is 69.5 Å². The zero-order valence-electron chi connectivity index (χ0n) is 16.0. The van der Waals surface area contributed by atoms with Crippen LogP contribution in [0.25, 0.3) is 11.1 Å². The van der Waals surface area contributed by atoms with E-state index in [0.717, 1.165) is 0 Å². The maximum atomic E-state index is 2.43. The molecule has 0 amide bonds. The molecule has 2 unspecified atom stereocenters. The highest BCUT2D eigenvalue weighted by atomic mass is 32.2. The van der Waals surface area contributed by atoms with E-state index in [1.165, 1.54) is 53.0 Å². The third kappa shape index (κ3) is 1.80. The quantitative estimate of drug-likeness (QED) is 0.519. The van der Waals surface area contributed by atoms with E-state index in [9.17, 15) is 0 Å². The summed E-state index contributed by atoms with van der Waals surface area (Å²) in [6.45, 7) is 4.86. The molecule has 0 bridgehead atoms. The molecule has 6 rings (SSSR count). The highest BCUT2D eigenvalue weighted by Gasteiger charge is 2.64. The Morgan fingerprint density at radius 1 is 0.704 bits per heavy atom. The Balaban J connectivity index is 1.76. The van der Waals surface area contributed by atoms with Crippen molar-refractivity contribution in [3.8, 4) is 0 Å². The van der Waals surface area contributed by atoms with E-state index in [4.69, 9.17) is 0 Å². The Labute approximate surface area is 170 Å². The summed E-state index contributed by atoms with van der Waals surface area (Å²) in [5.41, 5.74) is 9.86. The molecule has 4 aliphatic rings. The van der Waals surface area contributed by atoms with Gasteiger partial charge in [0.2, 0.25) is 0 Å². The molecular weight excluding hydrogens is 364 g/mol. The van der Waals surface area contributed by atoms with Crippen LogP contribution >= 0.6 is 23.5 Å². The monoisotopic (exact) mass is 388 g/mol. The van der Waals surface area contributed by atoms with Crippen molar-refractivity contribution in [2.24, 2.45) is 0 Å². The number of hydrogen-bond acceptors (Lipinski definition) is 2. The highest BCUT2D eigenvalue weighted by Crippen LogP contribution is 2.75. The Morgan fingerprint density at radius 2 is 1.15 bits per heavy atom. The van der Waals surface area contributed by atoms with E-state index in [1.807, 2.05) is 0 Å². The lowest BCUT2D eigenvalue weighted by atomic mass is 9.65. The standard InChI is InChI=1S/C25H24S2/c1-3-24-22(18-10-5-7-14-20(18)26-24)16-12-9-13-17(16)23-19-11-6-8-15-21(19)27-25(23,24)4-2/h5-8,10-11,14-15H,3-4,9,12-13H2,1-2H3. The second-order valence-corrected chi connectivity index (χ2v) is 10.8. The first-order valence-electron chi connectivity index (χ1n) is 10.3. The van der Waals surface area contributed by atoms with Gasteiger partial charge in [-0.05, 0) is 77.7 Å². The van der Waals surface area contributed by atoms with E-state index in [1.54, 1.807) is 22.3 Å². The van der Waals surface area contributed by atoms with Gasteiger partial charge in [-0.15, -0.1) is 23.5 Å². The molecule has 27 heavy (non-hydrogen) atoms. The molecule has 2 aliphatic heterocycles. The zero-order chi connectivity index (χ0) is 18.2. The molecule has 2 heteroatoms. The Kier molecular flexibility index (Phi) is 3.42. The predicted octanol–water partition coefficient (Wildman–Crippen LogP) is 7.60. The minimum Gasteiger partial charge on any atom is -0.112 e. The summed E-state index contributed by atoms with van der Waals surface area (Å²) in [7, 11) is 0. The fourth-order valence-corrected chi connectivity index (χ4v) is 9.82. The summed E-state index contributed by atoms with van der Waals surface area (Å²) in [5.74, 6) is 0. The maximum Gasteiger partial charge on any atom is 0.0652 e. The van der Waals surface area contributed by atoms with Crippen LogP contribution < -0.4 is 0 Å². The Bertz CT molecular complexity index is 960. The van der Waals surface area contributed by atoms with Crippen LogP contribution in [-0.4, -0.2) is 9.49 Å². The fraction of sp³-hybridized carbons (Fsp3) is 0.360. The van der Waals surface area contributed by atoms with Crippen molar-refractivity contribution >= 4 is 34.7 Å². The molecule has 2 aromatic carbocycles. The lowest BCUT2D eigenvalue weighted by molar-refractivity contribution is 0.560. The third-order valence-electron chi connectivity index (χ3n) is 7.16. The van der Waals surface area contributed by atoms with Gasteiger partial charge in [-0.2, -0.15) is 0 Å². The van der Waals surface area contributed by atoms with Gasteiger partial charge >= 0.3 is 0 Å². The zero-order valence-corrected chi connectivity index (χ0v) is 17.6. The second-order valence-electron chi connectivity index (χ2n) is 8.12. The first-order valence-corrected chi connectivity index (χ1v) is 11.9. The van der Waals surface area contributed by atoms with Gasteiger partial charge in [-0.25, -0.2) is 0 Å². The summed E-state index contributed by atoms with van der Waals surface area (Å²) in [6, 6.07) is 18.4. The van der Waals surface area contributed by atoms with Gasteiger partial charge in [0.15, 0.2) is 0 Å². The molecule has 0 nitrogen and oxygen atoms in total. The number of hydrogen-bond donors (Lipinski definition) is 0. The number of rotatable bonds is 2. The topological polar surface area (TPSA) is 0 Å². The lowest BCUT2D eigenvalue weighted by Gasteiger charge is -2.50. The number of fused-ring (bicyclic) bond motifs is 8. The summed E-state index contributed by atoms with van der Waals surface area (Å²) < 4.78 is 0.321. The van der Waals surface area contributed by atoms with Crippen molar-refractivity contribution in [3.05, 3.63) is 70.8 Å². The van der Waals surface area contributed by atoms with Gasteiger partial charge in [0.1, 0.15) is 0 Å². The van der Waals surface area contributed by atoms with E-state index >= 15 is 0 Å². The average Bonchev–Trinajstić information content (AvgIpc) is 3.39. The average molecular weight is 389 g/mol. The summed E-state index contributed by atoms with van der Waals surface area (Å²) >= 11 is 4.35. The van der Waals surface area contributed by atoms with Crippen LogP contribution in [0.3, 0.4) is 0 Å². The van der Waals surface area contributed by atoms with Gasteiger partial charge < -0.3 is 0 Å². The molecular formula is C25H24S2. The lowest BCUT2D eigenvalue weighted by Crippen LogP contribution is -2.49. The normalized spacial score (nSPS) is 30.1. The molecule has 0 radical (unpaired) electrons. The van der Waals surface area contributed by atoms with Crippen LogP contribution in [0.5, 0.6) is 0 Å². The van der Waals surface area contributed by atoms with Crippen molar-refractivity contribution < 1.29 is 0 Å². The SMILES string of the molecule is CCC12Sc3ccccc3C1=C1CCCC1=C1c3ccccc3SC12CC. The van der Waals surface area contributed by atoms with E-state index in [2.05, 4.69) is 85.9 Å². The van der Waals surface area contributed by atoms with Gasteiger partial charge in [0.05, 0.1) is 9.49 Å². The molecule has 136 valence electrons. The number of benzene rings is 2. The van der Waals surface area contributed by atoms with Crippen LogP contribution in [-0.2, 0) is 0 Å². The van der Waals surface area contributed by atoms with E-state index < -0.39 is 0 Å². The molecule has 2 aliphatic carbocycles. The third-order valence-corrected chi connectivity index (χ3v) is 10.8. The molecule has 2 atom stereocenters. The first-order chi connectivity index (χ1) is 13.3. The van der Waals surface area contributed by atoms with Gasteiger partial charge in [0.25, 0.3) is 0 Å². The molecule has 2 heterocycles. The molecule has 0 spiro atoms. The summed E-state index contributed by atoms with van der Waals surface area (Å²) in [6.07, 6.45) is 6.22. The molecule has 1 fully saturated rings. The van der Waals surface area contributed by atoms with Crippen molar-refractivity contribution in [1.29, 1.82) is 0 Å². The van der Waals surface area contributed by atoms with Crippen LogP contribution in [0.4, 0.5) is 0 Å². The fourth-order valence-electron chi connectivity index (χ4n) is 6.18. The van der Waals surface area contributed by atoms with Crippen LogP contribution in [0, 0.1) is 0 Å². The maximum absolute atomic E-state index is 2.43. The van der Waals surface area contributed by atoms with E-state index in [0.29, 0.717) is 0 Å². The summed E-state index contributed by atoms with van der Waals surface area (Å²) in [4.78, 5) is 3.00. The van der Waals surface area contributed by atoms with Crippen LogP contribution in [0.1, 0.15) is 57.1 Å². The van der Waals surface area contributed by atoms with Crippen molar-refractivity contribution in [1.82, 2.24) is 0 Å². The van der Waals surface area contributed by atoms with Crippen LogP contribution in [0.2, 0.25) is 0 Å². The number of thioether (sulfide) groups is 2. The van der Waals surface area contributed by atoms with E-state index in [-0.39, 0.29) is 9.49 Å². The van der Waals surface area contributed by atoms with Gasteiger partial charge in [-0.3, -0.25) is 0 Å². The molecule has 0 saturated heterocycles. The molecule has 0 N–H and O–H groups in total. The van der Waals surface area contributed by atoms with Crippen molar-refractivity contribution in [3.63, 3.8) is 0 Å². The number of allylic oxidation sites excluding steroid dienone is 2. The Hall–Kier alpha value is -1.38. The molecule has 0 aromatic heterocycles. The second kappa shape index (κ2) is 5.58. The minimum absolute atomic E-state index is 0.160. The first kappa shape index (κ1) is 16.6.